The largest absolute Gasteiger partial charge is 0.308 e. The summed E-state index contributed by atoms with van der Waals surface area (Å²) in [6.07, 6.45) is 3.75. The van der Waals surface area contributed by atoms with Crippen LogP contribution in [0.2, 0.25) is 0 Å². The van der Waals surface area contributed by atoms with Gasteiger partial charge < -0.3 is 9.13 Å². The van der Waals surface area contributed by atoms with Crippen LogP contribution < -0.4 is 0 Å². The van der Waals surface area contributed by atoms with E-state index in [1.165, 1.54) is 89.0 Å². The summed E-state index contributed by atoms with van der Waals surface area (Å²) in [5, 5.41) is 15.7. The van der Waals surface area contributed by atoms with Crippen LogP contribution in [0, 0.1) is 66.7 Å². The van der Waals surface area contributed by atoms with Crippen molar-refractivity contribution in [2.24, 2.45) is 0 Å². The molecule has 0 fully saturated rings. The Kier molecular flexibility index (Phi) is 10.7. The van der Waals surface area contributed by atoms with E-state index < -0.39 is 0 Å². The van der Waals surface area contributed by atoms with Gasteiger partial charge in [0.1, 0.15) is 0 Å². The van der Waals surface area contributed by atoms with Crippen LogP contribution in [0.15, 0.2) is 182 Å². The lowest BCUT2D eigenvalue weighted by atomic mass is 9.95. The highest BCUT2D eigenvalue weighted by Crippen LogP contribution is 2.46. The zero-order valence-electron chi connectivity index (χ0n) is 42.1. The molecule has 0 saturated carbocycles. The lowest BCUT2D eigenvalue weighted by Crippen LogP contribution is -2.05. The Bertz CT molecular complexity index is 3790. The van der Waals surface area contributed by atoms with Crippen LogP contribution in [0.5, 0.6) is 0 Å². The van der Waals surface area contributed by atoms with Crippen LogP contribution in [0.3, 0.4) is 0 Å². The predicted octanol–water partition coefficient (Wildman–Crippen LogP) is 17.9. The quantitative estimate of drug-likeness (QED) is 0.160. The van der Waals surface area contributed by atoms with Gasteiger partial charge in [0.05, 0.1) is 45.1 Å². The molecule has 9 aromatic carbocycles. The van der Waals surface area contributed by atoms with E-state index in [1.54, 1.807) is 0 Å². The molecule has 0 atom stereocenters. The lowest BCUT2D eigenvalue weighted by molar-refractivity contribution is 1.13. The number of nitrogens with zero attached hydrogens (tertiary/aromatic N) is 4. The Morgan fingerprint density at radius 2 is 0.639 bits per heavy atom. The predicted molar refractivity (Wildman–Crippen MR) is 303 cm³/mol. The molecule has 0 bridgehead atoms. The van der Waals surface area contributed by atoms with Crippen molar-refractivity contribution in [3.63, 3.8) is 0 Å². The second-order valence-electron chi connectivity index (χ2n) is 20.1. The van der Waals surface area contributed by atoms with Gasteiger partial charge in [0.2, 0.25) is 0 Å². The zero-order chi connectivity index (χ0) is 49.5. The van der Waals surface area contributed by atoms with E-state index in [1.807, 2.05) is 12.4 Å². The number of hydrogen-bond acceptors (Lipinski definition) is 2. The van der Waals surface area contributed by atoms with Gasteiger partial charge in [0.25, 0.3) is 0 Å². The van der Waals surface area contributed by atoms with Crippen LogP contribution in [0.4, 0.5) is 0 Å². The number of aryl methyl sites for hydroxylation is 8. The molecule has 0 radical (unpaired) electrons. The normalized spacial score (nSPS) is 11.6. The van der Waals surface area contributed by atoms with E-state index in [2.05, 4.69) is 245 Å². The Morgan fingerprint density at radius 3 is 0.917 bits per heavy atom. The molecule has 72 heavy (non-hydrogen) atoms. The molecular formula is C68H54N4. The minimum Gasteiger partial charge on any atom is -0.308 e. The summed E-state index contributed by atoms with van der Waals surface area (Å²) in [6, 6.07) is 65.5. The summed E-state index contributed by atoms with van der Waals surface area (Å²) in [5.41, 5.74) is 28.2. The Morgan fingerprint density at radius 1 is 0.333 bits per heavy atom. The average molecular weight is 927 g/mol. The summed E-state index contributed by atoms with van der Waals surface area (Å²) >= 11 is 0. The average Bonchev–Trinajstić information content (AvgIpc) is 3.87. The molecule has 0 aliphatic heterocycles. The van der Waals surface area contributed by atoms with Crippen molar-refractivity contribution in [3.05, 3.63) is 232 Å². The van der Waals surface area contributed by atoms with Crippen molar-refractivity contribution in [1.82, 2.24) is 14.1 Å². The minimum atomic E-state index is 0.570. The maximum absolute atomic E-state index is 11.1. The summed E-state index contributed by atoms with van der Waals surface area (Å²) in [4.78, 5) is 4.53. The molecule has 3 aromatic heterocycles. The maximum atomic E-state index is 11.1. The number of benzene rings is 9. The first-order valence-electron chi connectivity index (χ1n) is 24.9. The van der Waals surface area contributed by atoms with Gasteiger partial charge >= 0.3 is 0 Å². The molecule has 0 saturated heterocycles. The molecule has 12 rings (SSSR count). The van der Waals surface area contributed by atoms with E-state index in [9.17, 15) is 5.26 Å². The smallest absolute Gasteiger partial charge is 0.0993 e. The molecule has 0 aliphatic rings. The van der Waals surface area contributed by atoms with Crippen LogP contribution in [0.1, 0.15) is 50.1 Å². The fraction of sp³-hybridized carbons (Fsp3) is 0.118. The van der Waals surface area contributed by atoms with Gasteiger partial charge in [-0.1, -0.05) is 119 Å². The maximum Gasteiger partial charge on any atom is 0.0993 e. The van der Waals surface area contributed by atoms with Gasteiger partial charge in [-0.15, -0.1) is 0 Å². The topological polar surface area (TPSA) is 46.5 Å². The monoisotopic (exact) mass is 926 g/mol. The highest BCUT2D eigenvalue weighted by atomic mass is 15.0. The molecule has 12 aromatic rings. The van der Waals surface area contributed by atoms with Gasteiger partial charge in [0.15, 0.2) is 0 Å². The van der Waals surface area contributed by atoms with Gasteiger partial charge in [0, 0.05) is 39.5 Å². The van der Waals surface area contributed by atoms with Crippen molar-refractivity contribution < 1.29 is 0 Å². The van der Waals surface area contributed by atoms with Crippen LogP contribution in [-0.4, -0.2) is 14.1 Å². The van der Waals surface area contributed by atoms with Gasteiger partial charge in [-0.2, -0.15) is 5.26 Å². The number of rotatable bonds is 7. The fourth-order valence-electron chi connectivity index (χ4n) is 11.6. The highest BCUT2D eigenvalue weighted by molar-refractivity contribution is 6.14. The Balaban J connectivity index is 1.19. The molecule has 0 amide bonds. The number of pyridine rings is 1. The summed E-state index contributed by atoms with van der Waals surface area (Å²) < 4.78 is 4.79. The van der Waals surface area contributed by atoms with E-state index in [0.29, 0.717) is 5.56 Å². The van der Waals surface area contributed by atoms with Crippen molar-refractivity contribution in [1.29, 1.82) is 5.26 Å². The number of aromatic nitrogens is 3. The number of hydrogen-bond donors (Lipinski definition) is 0. The van der Waals surface area contributed by atoms with E-state index in [-0.39, 0.29) is 0 Å². The third-order valence-electron chi connectivity index (χ3n) is 15.0. The molecule has 4 nitrogen and oxygen atoms in total. The van der Waals surface area contributed by atoms with Crippen molar-refractivity contribution >= 4 is 43.6 Å². The second kappa shape index (κ2) is 17.3. The molecule has 346 valence electrons. The molecule has 0 aliphatic carbocycles. The van der Waals surface area contributed by atoms with Crippen molar-refractivity contribution in [2.45, 2.75) is 55.4 Å². The van der Waals surface area contributed by atoms with Crippen molar-refractivity contribution in [3.8, 4) is 73.1 Å². The molecule has 0 N–H and O–H groups in total. The fourth-order valence-corrected chi connectivity index (χ4v) is 11.6. The van der Waals surface area contributed by atoms with E-state index in [0.717, 1.165) is 66.1 Å². The molecule has 4 heteroatoms. The summed E-state index contributed by atoms with van der Waals surface area (Å²) in [5.74, 6) is 0. The lowest BCUT2D eigenvalue weighted by Gasteiger charge is -2.21. The highest BCUT2D eigenvalue weighted by Gasteiger charge is 2.25. The first kappa shape index (κ1) is 44.4. The van der Waals surface area contributed by atoms with Crippen LogP contribution in [0.25, 0.3) is 111 Å². The van der Waals surface area contributed by atoms with Gasteiger partial charge in [-0.25, -0.2) is 0 Å². The zero-order valence-corrected chi connectivity index (χ0v) is 42.1. The molecule has 3 heterocycles. The first-order chi connectivity index (χ1) is 34.9. The van der Waals surface area contributed by atoms with Crippen molar-refractivity contribution in [2.75, 3.05) is 0 Å². The van der Waals surface area contributed by atoms with Crippen LogP contribution >= 0.6 is 0 Å². The Labute approximate surface area is 421 Å². The third-order valence-corrected chi connectivity index (χ3v) is 15.0. The molecule has 0 spiro atoms. The number of nitriles is 1. The summed E-state index contributed by atoms with van der Waals surface area (Å²) in [7, 11) is 0. The van der Waals surface area contributed by atoms with E-state index >= 15 is 0 Å². The third kappa shape index (κ3) is 7.40. The molecular weight excluding hydrogens is 873 g/mol. The standard InChI is InChI=1S/C68H54N4/c1-40-9-17-54(44(5)29-40)50-13-21-62-58(35-50)59-36-51(55-18-10-41(2)30-45(55)6)14-22-63(59)71(62)66-33-48(39-69)34-67(68(66)49-25-27-70-28-26-49)72-64-23-15-52(56-19-11-42(3)31-46(56)7)37-60(64)61-38-53(16-24-65(61)72)57-20-12-43(4)32-47(57)8/h9-38H,1-8H3. The van der Waals surface area contributed by atoms with E-state index in [4.69, 9.17) is 0 Å². The number of fused-ring (bicyclic) bond motifs is 6. The molecule has 0 unspecified atom stereocenters. The second-order valence-corrected chi connectivity index (χ2v) is 20.1. The SMILES string of the molecule is Cc1ccc(-c2ccc3c(c2)c2cc(-c4ccc(C)cc4C)ccc2n3-c2cc(C#N)cc(-n3c4ccc(-c5ccc(C)cc5C)cc4c4cc(-c5ccc(C)cc5C)ccc43)c2-c2ccncc2)c(C)c1. The van der Waals surface area contributed by atoms with Crippen LogP contribution in [-0.2, 0) is 0 Å². The first-order valence-corrected chi connectivity index (χ1v) is 24.9. The van der Waals surface area contributed by atoms with Gasteiger partial charge in [-0.05, 0) is 201 Å². The Hall–Kier alpha value is -8.78. The minimum absolute atomic E-state index is 0.570. The van der Waals surface area contributed by atoms with Gasteiger partial charge in [-0.3, -0.25) is 4.98 Å². The summed E-state index contributed by atoms with van der Waals surface area (Å²) in [6.45, 7) is 17.4.